The molecule has 0 spiro atoms. The molecular weight excluding hydrogens is 353 g/mol. The fraction of sp³-hybridized carbons (Fsp3) is 0.0667. The van der Waals surface area contributed by atoms with Gasteiger partial charge in [-0.25, -0.2) is 4.79 Å². The first-order valence-corrected chi connectivity index (χ1v) is 6.68. The van der Waals surface area contributed by atoms with Crippen LogP contribution in [0.2, 0.25) is 0 Å². The topological polar surface area (TPSA) is 50.1 Å². The number of benzene rings is 2. The highest BCUT2D eigenvalue weighted by Gasteiger charge is 2.07. The Hall–Kier alpha value is -1.87. The largest absolute Gasteiger partial charge is 0.457 e. The molecular formula is C15H10INO2. The highest BCUT2D eigenvalue weighted by Crippen LogP contribution is 2.11. The molecule has 19 heavy (non-hydrogen) atoms. The van der Waals surface area contributed by atoms with Gasteiger partial charge in [-0.1, -0.05) is 18.2 Å². The summed E-state index contributed by atoms with van der Waals surface area (Å²) in [4.78, 5) is 11.8. The Morgan fingerprint density at radius 3 is 2.58 bits per heavy atom. The number of nitriles is 1. The molecule has 2 rings (SSSR count). The van der Waals surface area contributed by atoms with Crippen LogP contribution in [-0.2, 0) is 11.3 Å². The first-order chi connectivity index (χ1) is 9.19. The lowest BCUT2D eigenvalue weighted by Crippen LogP contribution is -2.05. The lowest BCUT2D eigenvalue weighted by molar-refractivity contribution is 0.0472. The maximum Gasteiger partial charge on any atom is 0.338 e. The molecule has 0 aromatic heterocycles. The summed E-state index contributed by atoms with van der Waals surface area (Å²) in [6.07, 6.45) is 0. The quantitative estimate of drug-likeness (QED) is 0.619. The Morgan fingerprint density at radius 2 is 1.95 bits per heavy atom. The molecule has 0 radical (unpaired) electrons. The molecule has 0 aliphatic heterocycles. The van der Waals surface area contributed by atoms with Gasteiger partial charge in [-0.2, -0.15) is 5.26 Å². The molecule has 0 atom stereocenters. The fourth-order valence-corrected chi connectivity index (χ4v) is 2.07. The molecule has 4 heteroatoms. The minimum absolute atomic E-state index is 0.204. The summed E-state index contributed by atoms with van der Waals surface area (Å²) in [6, 6.07) is 16.2. The summed E-state index contributed by atoms with van der Waals surface area (Å²) < 4.78 is 6.21. The molecule has 2 aromatic rings. The van der Waals surface area contributed by atoms with Crippen LogP contribution in [0.25, 0.3) is 0 Å². The van der Waals surface area contributed by atoms with E-state index in [9.17, 15) is 4.79 Å². The summed E-state index contributed by atoms with van der Waals surface area (Å²) in [5, 5.41) is 8.69. The van der Waals surface area contributed by atoms with Crippen LogP contribution in [0.4, 0.5) is 0 Å². The zero-order valence-corrected chi connectivity index (χ0v) is 12.1. The number of carbonyl (C=O) groups is 1. The average Bonchev–Trinajstić information content (AvgIpc) is 2.45. The van der Waals surface area contributed by atoms with Crippen LogP contribution in [0.3, 0.4) is 0 Å². The maximum absolute atomic E-state index is 11.8. The molecule has 0 fully saturated rings. The lowest BCUT2D eigenvalue weighted by Gasteiger charge is -2.05. The number of hydrogen-bond donors (Lipinski definition) is 0. The highest BCUT2D eigenvalue weighted by atomic mass is 127. The third-order valence-corrected chi connectivity index (χ3v) is 3.18. The van der Waals surface area contributed by atoms with Crippen LogP contribution in [0.1, 0.15) is 21.5 Å². The third kappa shape index (κ3) is 3.80. The van der Waals surface area contributed by atoms with Crippen molar-refractivity contribution in [3.05, 3.63) is 68.8 Å². The summed E-state index contributed by atoms with van der Waals surface area (Å²) >= 11 is 2.15. The van der Waals surface area contributed by atoms with Crippen LogP contribution >= 0.6 is 22.6 Å². The zero-order valence-electron chi connectivity index (χ0n) is 9.97. The van der Waals surface area contributed by atoms with Crippen molar-refractivity contribution in [1.29, 1.82) is 5.26 Å². The van der Waals surface area contributed by atoms with Gasteiger partial charge in [-0.05, 0) is 58.5 Å². The first-order valence-electron chi connectivity index (χ1n) is 5.61. The van der Waals surface area contributed by atoms with Crippen molar-refractivity contribution in [3.63, 3.8) is 0 Å². The summed E-state index contributed by atoms with van der Waals surface area (Å²) in [7, 11) is 0. The molecule has 0 unspecified atom stereocenters. The normalized spacial score (nSPS) is 9.68. The van der Waals surface area contributed by atoms with E-state index in [4.69, 9.17) is 10.00 Å². The predicted octanol–water partition coefficient (Wildman–Crippen LogP) is 3.52. The van der Waals surface area contributed by atoms with Crippen molar-refractivity contribution >= 4 is 28.6 Å². The van der Waals surface area contributed by atoms with Gasteiger partial charge in [0.25, 0.3) is 0 Å². The lowest BCUT2D eigenvalue weighted by atomic mass is 10.1. The van der Waals surface area contributed by atoms with E-state index in [1.807, 2.05) is 18.2 Å². The van der Waals surface area contributed by atoms with E-state index in [0.29, 0.717) is 11.1 Å². The first kappa shape index (κ1) is 13.6. The Balaban J connectivity index is 1.98. The number of nitrogens with zero attached hydrogens (tertiary/aromatic N) is 1. The van der Waals surface area contributed by atoms with Crippen LogP contribution < -0.4 is 0 Å². The van der Waals surface area contributed by atoms with E-state index in [0.717, 1.165) is 9.13 Å². The second-order valence-electron chi connectivity index (χ2n) is 3.90. The van der Waals surface area contributed by atoms with E-state index in [2.05, 4.69) is 22.6 Å². The Kier molecular flexibility index (Phi) is 4.53. The number of ether oxygens (including phenoxy) is 1. The number of carbonyl (C=O) groups excluding carboxylic acids is 1. The van der Waals surface area contributed by atoms with Gasteiger partial charge in [0.2, 0.25) is 0 Å². The highest BCUT2D eigenvalue weighted by molar-refractivity contribution is 14.1. The molecule has 0 N–H and O–H groups in total. The van der Waals surface area contributed by atoms with Gasteiger partial charge >= 0.3 is 5.97 Å². The number of halogens is 1. The molecule has 0 bridgehead atoms. The number of rotatable bonds is 3. The van der Waals surface area contributed by atoms with Crippen molar-refractivity contribution < 1.29 is 9.53 Å². The Morgan fingerprint density at radius 1 is 1.21 bits per heavy atom. The van der Waals surface area contributed by atoms with Crippen LogP contribution in [-0.4, -0.2) is 5.97 Å². The maximum atomic E-state index is 11.8. The van der Waals surface area contributed by atoms with Gasteiger partial charge in [0.1, 0.15) is 6.61 Å². The van der Waals surface area contributed by atoms with Crippen LogP contribution in [0, 0.1) is 14.9 Å². The predicted molar refractivity (Wildman–Crippen MR) is 79.4 cm³/mol. The second kappa shape index (κ2) is 6.34. The molecule has 3 nitrogen and oxygen atoms in total. The van der Waals surface area contributed by atoms with Crippen molar-refractivity contribution in [2.45, 2.75) is 6.61 Å². The summed E-state index contributed by atoms with van der Waals surface area (Å²) in [5.41, 5.74) is 1.99. The SMILES string of the molecule is N#Cc1ccc(COC(=O)c2cccc(I)c2)cc1. The molecule has 0 aliphatic rings. The Bertz CT molecular complexity index is 629. The van der Waals surface area contributed by atoms with Gasteiger partial charge in [-0.3, -0.25) is 0 Å². The van der Waals surface area contributed by atoms with E-state index < -0.39 is 0 Å². The molecule has 0 amide bonds. The van der Waals surface area contributed by atoms with Crippen molar-refractivity contribution in [1.82, 2.24) is 0 Å². The smallest absolute Gasteiger partial charge is 0.338 e. The van der Waals surface area contributed by atoms with Crippen LogP contribution in [0.5, 0.6) is 0 Å². The van der Waals surface area contributed by atoms with E-state index >= 15 is 0 Å². The van der Waals surface area contributed by atoms with E-state index in [1.54, 1.807) is 36.4 Å². The van der Waals surface area contributed by atoms with Gasteiger partial charge < -0.3 is 4.74 Å². The summed E-state index contributed by atoms with van der Waals surface area (Å²) in [6.45, 7) is 0.204. The Labute approximate surface area is 125 Å². The second-order valence-corrected chi connectivity index (χ2v) is 5.14. The van der Waals surface area contributed by atoms with Gasteiger partial charge in [0.15, 0.2) is 0 Å². The molecule has 0 aliphatic carbocycles. The van der Waals surface area contributed by atoms with E-state index in [1.165, 1.54) is 0 Å². The minimum atomic E-state index is -0.345. The summed E-state index contributed by atoms with van der Waals surface area (Å²) in [5.74, 6) is -0.345. The third-order valence-electron chi connectivity index (χ3n) is 2.51. The van der Waals surface area contributed by atoms with E-state index in [-0.39, 0.29) is 12.6 Å². The molecule has 2 aromatic carbocycles. The molecule has 0 heterocycles. The molecule has 94 valence electrons. The zero-order chi connectivity index (χ0) is 13.7. The fourth-order valence-electron chi connectivity index (χ4n) is 1.52. The molecule has 0 saturated carbocycles. The minimum Gasteiger partial charge on any atom is -0.457 e. The van der Waals surface area contributed by atoms with Gasteiger partial charge in [-0.15, -0.1) is 0 Å². The van der Waals surface area contributed by atoms with Crippen molar-refractivity contribution in [3.8, 4) is 6.07 Å². The van der Waals surface area contributed by atoms with Gasteiger partial charge in [0.05, 0.1) is 17.2 Å². The monoisotopic (exact) mass is 363 g/mol. The van der Waals surface area contributed by atoms with Crippen molar-refractivity contribution in [2.24, 2.45) is 0 Å². The van der Waals surface area contributed by atoms with Crippen LogP contribution in [0.15, 0.2) is 48.5 Å². The average molecular weight is 363 g/mol. The molecule has 0 saturated heterocycles. The number of esters is 1. The standard InChI is InChI=1S/C15H10INO2/c16-14-3-1-2-13(8-14)15(18)19-10-12-6-4-11(9-17)5-7-12/h1-8H,10H2. The van der Waals surface area contributed by atoms with Gasteiger partial charge in [0, 0.05) is 3.57 Å². The number of hydrogen-bond acceptors (Lipinski definition) is 3. The van der Waals surface area contributed by atoms with Crippen molar-refractivity contribution in [2.75, 3.05) is 0 Å².